The average Bonchev–Trinajstić information content (AvgIpc) is 4.04. The van der Waals surface area contributed by atoms with Crippen molar-refractivity contribution in [2.24, 2.45) is 0 Å². The first-order valence-electron chi connectivity index (χ1n) is 19.8. The fraction of sp³-hybridized carbons (Fsp3) is 0. The number of para-hydroxylation sites is 2. The molecule has 0 amide bonds. The van der Waals surface area contributed by atoms with E-state index in [9.17, 15) is 0 Å². The lowest BCUT2D eigenvalue weighted by atomic mass is 10.0. The number of hydrogen-bond acceptors (Lipinski definition) is 2. The standard InChI is InChI=1S/C54H32N2S2/c1-5-25-46-39(17-1)42-29-30-48-51(52(42)56(46)36-16-10-14-34(32-36)38-22-12-24-44-41-19-4-8-28-50(41)58-54(38)44)45-20-2-6-26-47(45)55(48)35-15-9-13-33(31-35)37-21-11-23-43-40-18-3-7-27-49(40)57-53(37)43/h1-32H. The predicted molar refractivity (Wildman–Crippen MR) is 252 cm³/mol. The van der Waals surface area contributed by atoms with Crippen molar-refractivity contribution in [3.63, 3.8) is 0 Å². The summed E-state index contributed by atoms with van der Waals surface area (Å²) in [5, 5.41) is 10.3. The van der Waals surface area contributed by atoms with Crippen molar-refractivity contribution in [1.29, 1.82) is 0 Å². The van der Waals surface area contributed by atoms with Gasteiger partial charge < -0.3 is 9.13 Å². The summed E-state index contributed by atoms with van der Waals surface area (Å²) in [6, 6.07) is 71.8. The monoisotopic (exact) mass is 772 g/mol. The maximum absolute atomic E-state index is 2.51. The second kappa shape index (κ2) is 12.3. The van der Waals surface area contributed by atoms with Gasteiger partial charge in [-0.25, -0.2) is 0 Å². The van der Waals surface area contributed by atoms with Crippen LogP contribution >= 0.6 is 22.7 Å². The van der Waals surface area contributed by atoms with E-state index in [1.807, 2.05) is 22.7 Å². The molecule has 13 aromatic rings. The molecule has 2 nitrogen and oxygen atoms in total. The Morgan fingerprint density at radius 3 is 1.41 bits per heavy atom. The predicted octanol–water partition coefficient (Wildman–Crippen LogP) is 16.0. The van der Waals surface area contributed by atoms with E-state index < -0.39 is 0 Å². The second-order valence-corrected chi connectivity index (χ2v) is 17.3. The lowest BCUT2D eigenvalue weighted by molar-refractivity contribution is 1.17. The molecule has 4 heterocycles. The molecule has 0 bridgehead atoms. The zero-order valence-electron chi connectivity index (χ0n) is 31.2. The second-order valence-electron chi connectivity index (χ2n) is 15.2. The van der Waals surface area contributed by atoms with Gasteiger partial charge >= 0.3 is 0 Å². The largest absolute Gasteiger partial charge is 0.309 e. The van der Waals surface area contributed by atoms with Crippen LogP contribution in [0, 0.1) is 0 Å². The highest BCUT2D eigenvalue weighted by Crippen LogP contribution is 2.45. The van der Waals surface area contributed by atoms with Gasteiger partial charge in [0.2, 0.25) is 0 Å². The van der Waals surface area contributed by atoms with Crippen LogP contribution in [0.3, 0.4) is 0 Å². The molecule has 0 aliphatic carbocycles. The van der Waals surface area contributed by atoms with Gasteiger partial charge in [0.05, 0.1) is 22.1 Å². The number of rotatable bonds is 4. The Balaban J connectivity index is 1.06. The molecule has 9 aromatic carbocycles. The lowest BCUT2D eigenvalue weighted by Crippen LogP contribution is -1.96. The Labute approximate surface area is 341 Å². The zero-order chi connectivity index (χ0) is 37.9. The smallest absolute Gasteiger partial charge is 0.0641 e. The number of thiophene rings is 2. The Morgan fingerprint density at radius 2 is 0.793 bits per heavy atom. The SMILES string of the molecule is c1cc(-c2cccc3c2sc2ccccc23)cc(-n2c3ccccc3c3c2ccc2c4ccccc4n(-c4cccc(-c5cccc6c5sc5ccccc56)c4)c23)c1. The van der Waals surface area contributed by atoms with Gasteiger partial charge in [-0.15, -0.1) is 22.7 Å². The Morgan fingerprint density at radius 1 is 0.310 bits per heavy atom. The van der Waals surface area contributed by atoms with Crippen molar-refractivity contribution in [3.8, 4) is 33.6 Å². The molecule has 0 N–H and O–H groups in total. The molecule has 4 aromatic heterocycles. The normalized spacial score (nSPS) is 12.1. The molecular weight excluding hydrogens is 741 g/mol. The van der Waals surface area contributed by atoms with E-state index in [4.69, 9.17) is 0 Å². The Hall–Kier alpha value is -6.98. The number of benzene rings is 9. The summed E-state index contributed by atoms with van der Waals surface area (Å²) in [6.45, 7) is 0. The highest BCUT2D eigenvalue weighted by molar-refractivity contribution is 7.26. The number of fused-ring (bicyclic) bond motifs is 13. The van der Waals surface area contributed by atoms with Crippen LogP contribution in [0.25, 0.3) is 118 Å². The Bertz CT molecular complexity index is 3820. The fourth-order valence-corrected chi connectivity index (χ4v) is 12.1. The molecular formula is C54H32N2S2. The van der Waals surface area contributed by atoms with Crippen LogP contribution in [0.15, 0.2) is 194 Å². The minimum absolute atomic E-state index is 1.15. The van der Waals surface area contributed by atoms with Crippen molar-refractivity contribution in [2.75, 3.05) is 0 Å². The third-order valence-electron chi connectivity index (χ3n) is 12.1. The lowest BCUT2D eigenvalue weighted by Gasteiger charge is -2.13. The van der Waals surface area contributed by atoms with E-state index in [1.54, 1.807) is 0 Å². The fourth-order valence-electron chi connectivity index (χ4n) is 9.63. The highest BCUT2D eigenvalue weighted by Gasteiger charge is 2.22. The topological polar surface area (TPSA) is 9.86 Å². The molecule has 0 radical (unpaired) electrons. The molecule has 0 saturated carbocycles. The van der Waals surface area contributed by atoms with Gasteiger partial charge in [-0.2, -0.15) is 0 Å². The van der Waals surface area contributed by atoms with Crippen molar-refractivity contribution >= 4 is 107 Å². The quantitative estimate of drug-likeness (QED) is 0.169. The molecule has 4 heteroatoms. The minimum Gasteiger partial charge on any atom is -0.309 e. The zero-order valence-corrected chi connectivity index (χ0v) is 32.8. The summed E-state index contributed by atoms with van der Waals surface area (Å²) in [5.74, 6) is 0. The van der Waals surface area contributed by atoms with Crippen molar-refractivity contribution in [1.82, 2.24) is 9.13 Å². The van der Waals surface area contributed by atoms with Gasteiger partial charge in [0.15, 0.2) is 0 Å². The highest BCUT2D eigenvalue weighted by atomic mass is 32.1. The van der Waals surface area contributed by atoms with Crippen LogP contribution in [-0.4, -0.2) is 9.13 Å². The van der Waals surface area contributed by atoms with Gasteiger partial charge in [-0.1, -0.05) is 140 Å². The van der Waals surface area contributed by atoms with Gasteiger partial charge in [0.1, 0.15) is 0 Å². The Kier molecular flexibility index (Phi) is 6.79. The van der Waals surface area contributed by atoms with Crippen LogP contribution in [0.1, 0.15) is 0 Å². The number of nitrogens with zero attached hydrogens (tertiary/aromatic N) is 2. The molecule has 0 saturated heterocycles. The summed E-state index contributed by atoms with van der Waals surface area (Å²) in [7, 11) is 0. The van der Waals surface area contributed by atoms with Crippen molar-refractivity contribution in [3.05, 3.63) is 194 Å². The van der Waals surface area contributed by atoms with Crippen molar-refractivity contribution in [2.45, 2.75) is 0 Å². The molecule has 0 atom stereocenters. The molecule has 0 unspecified atom stereocenters. The van der Waals surface area contributed by atoms with Crippen LogP contribution in [-0.2, 0) is 0 Å². The minimum atomic E-state index is 1.15. The number of hydrogen-bond donors (Lipinski definition) is 0. The molecule has 0 spiro atoms. The molecule has 270 valence electrons. The number of aromatic nitrogens is 2. The van der Waals surface area contributed by atoms with Gasteiger partial charge in [-0.05, 0) is 76.9 Å². The molecule has 0 aliphatic rings. The first-order chi connectivity index (χ1) is 28.8. The summed E-state index contributed by atoms with van der Waals surface area (Å²) in [6.07, 6.45) is 0. The third-order valence-corrected chi connectivity index (χ3v) is 14.5. The van der Waals surface area contributed by atoms with E-state index in [1.165, 1.54) is 106 Å². The molecule has 58 heavy (non-hydrogen) atoms. The van der Waals surface area contributed by atoms with E-state index in [0.29, 0.717) is 0 Å². The van der Waals surface area contributed by atoms with Crippen molar-refractivity contribution < 1.29 is 0 Å². The van der Waals surface area contributed by atoms with E-state index >= 15 is 0 Å². The third kappa shape index (κ3) is 4.53. The average molecular weight is 773 g/mol. The summed E-state index contributed by atoms with van der Waals surface area (Å²) in [4.78, 5) is 0. The maximum atomic E-state index is 2.51. The molecule has 13 rings (SSSR count). The first kappa shape index (κ1) is 32.1. The van der Waals surface area contributed by atoms with Gasteiger partial charge in [0.25, 0.3) is 0 Å². The summed E-state index contributed by atoms with van der Waals surface area (Å²) >= 11 is 3.77. The molecule has 0 fully saturated rings. The van der Waals surface area contributed by atoms with Crippen LogP contribution < -0.4 is 0 Å². The first-order valence-corrected chi connectivity index (χ1v) is 21.4. The maximum Gasteiger partial charge on any atom is 0.0641 e. The van der Waals surface area contributed by atoms with E-state index in [-0.39, 0.29) is 0 Å². The van der Waals surface area contributed by atoms with Crippen LogP contribution in [0.5, 0.6) is 0 Å². The summed E-state index contributed by atoms with van der Waals surface area (Å²) < 4.78 is 10.3. The van der Waals surface area contributed by atoms with Crippen LogP contribution in [0.2, 0.25) is 0 Å². The van der Waals surface area contributed by atoms with Gasteiger partial charge in [-0.3, -0.25) is 0 Å². The summed E-state index contributed by atoms with van der Waals surface area (Å²) in [5.41, 5.74) is 12.1. The molecule has 0 aliphatic heterocycles. The van der Waals surface area contributed by atoms with Gasteiger partial charge in [0, 0.05) is 73.3 Å². The van der Waals surface area contributed by atoms with Crippen LogP contribution in [0.4, 0.5) is 0 Å². The van der Waals surface area contributed by atoms with E-state index in [2.05, 4.69) is 203 Å². The van der Waals surface area contributed by atoms with E-state index in [0.717, 1.165) is 11.4 Å².